The highest BCUT2D eigenvalue weighted by molar-refractivity contribution is 5.14. The first kappa shape index (κ1) is 9.51. The van der Waals surface area contributed by atoms with E-state index in [4.69, 9.17) is 5.73 Å². The Bertz CT molecular complexity index is 198. The average Bonchev–Trinajstić information content (AvgIpc) is 2.54. The molecule has 0 unspecified atom stereocenters. The monoisotopic (exact) mass is 181 g/mol. The molecule has 76 valence electrons. The van der Waals surface area contributed by atoms with Crippen molar-refractivity contribution in [1.82, 2.24) is 0 Å². The normalized spacial score (nSPS) is 39.7. The van der Waals surface area contributed by atoms with Crippen molar-refractivity contribution in [3.05, 3.63) is 0 Å². The second-order valence-corrected chi connectivity index (χ2v) is 5.71. The van der Waals surface area contributed by atoms with Gasteiger partial charge in [-0.15, -0.1) is 0 Å². The fourth-order valence-corrected chi connectivity index (χ4v) is 3.92. The average molecular weight is 181 g/mol. The summed E-state index contributed by atoms with van der Waals surface area (Å²) in [7, 11) is 0. The predicted octanol–water partition coefficient (Wildman–Crippen LogP) is 2.80. The molecular formula is C12H23N. The fraction of sp³-hybridized carbons (Fsp3) is 1.00. The van der Waals surface area contributed by atoms with Crippen LogP contribution in [0.1, 0.15) is 46.5 Å². The highest BCUT2D eigenvalue weighted by Gasteiger charge is 2.65. The van der Waals surface area contributed by atoms with Crippen LogP contribution >= 0.6 is 0 Å². The van der Waals surface area contributed by atoms with E-state index < -0.39 is 0 Å². The topological polar surface area (TPSA) is 26.0 Å². The molecule has 0 amide bonds. The maximum absolute atomic E-state index is 5.83. The van der Waals surface area contributed by atoms with Crippen molar-refractivity contribution < 1.29 is 0 Å². The molecule has 1 nitrogen and oxygen atoms in total. The van der Waals surface area contributed by atoms with E-state index >= 15 is 0 Å². The van der Waals surface area contributed by atoms with Crippen LogP contribution < -0.4 is 5.73 Å². The second kappa shape index (κ2) is 2.73. The van der Waals surface area contributed by atoms with Crippen LogP contribution in [0, 0.1) is 22.7 Å². The van der Waals surface area contributed by atoms with Crippen LogP contribution in [0.2, 0.25) is 0 Å². The number of rotatable bonds is 3. The van der Waals surface area contributed by atoms with E-state index in [1.807, 2.05) is 0 Å². The van der Waals surface area contributed by atoms with E-state index in [1.54, 1.807) is 0 Å². The third kappa shape index (κ3) is 1.09. The molecule has 2 N–H and O–H groups in total. The van der Waals surface area contributed by atoms with Gasteiger partial charge in [0.2, 0.25) is 0 Å². The van der Waals surface area contributed by atoms with Gasteiger partial charge in [-0.05, 0) is 42.1 Å². The summed E-state index contributed by atoms with van der Waals surface area (Å²) in [5.74, 6) is 1.75. The Hall–Kier alpha value is -0.0400. The molecule has 2 aliphatic carbocycles. The molecule has 1 heteroatoms. The summed E-state index contributed by atoms with van der Waals surface area (Å²) in [6.07, 6.45) is 5.76. The van der Waals surface area contributed by atoms with Crippen molar-refractivity contribution in [2.75, 3.05) is 6.54 Å². The third-order valence-electron chi connectivity index (χ3n) is 5.02. The van der Waals surface area contributed by atoms with Crippen molar-refractivity contribution in [2.45, 2.75) is 46.5 Å². The van der Waals surface area contributed by atoms with Gasteiger partial charge < -0.3 is 5.73 Å². The van der Waals surface area contributed by atoms with Crippen LogP contribution in [0.5, 0.6) is 0 Å². The van der Waals surface area contributed by atoms with Gasteiger partial charge in [0.05, 0.1) is 0 Å². The first-order valence-corrected chi connectivity index (χ1v) is 5.78. The zero-order chi connectivity index (χ0) is 9.69. The Morgan fingerprint density at radius 3 is 2.15 bits per heavy atom. The van der Waals surface area contributed by atoms with Crippen LogP contribution in [0.25, 0.3) is 0 Å². The van der Waals surface area contributed by atoms with Crippen LogP contribution in [0.3, 0.4) is 0 Å². The van der Waals surface area contributed by atoms with Gasteiger partial charge in [-0.2, -0.15) is 0 Å². The summed E-state index contributed by atoms with van der Waals surface area (Å²) in [5, 5.41) is 0. The minimum absolute atomic E-state index is 0.547. The molecule has 0 bridgehead atoms. The standard InChI is InChI=1S/C12H23N/c1-4-12(6-5-7-12)10-9(8-13)11(10,2)3/h9-10H,4-8,13H2,1-3H3/t9-,10-/m1/s1. The summed E-state index contributed by atoms with van der Waals surface area (Å²) in [4.78, 5) is 0. The molecule has 0 aromatic heterocycles. The van der Waals surface area contributed by atoms with Gasteiger partial charge in [-0.1, -0.05) is 33.6 Å². The van der Waals surface area contributed by atoms with Gasteiger partial charge in [0, 0.05) is 0 Å². The molecule has 2 rings (SSSR count). The molecule has 2 saturated carbocycles. The van der Waals surface area contributed by atoms with E-state index in [1.165, 1.54) is 25.7 Å². The molecule has 0 radical (unpaired) electrons. The molecule has 0 aromatic carbocycles. The Morgan fingerprint density at radius 1 is 1.31 bits per heavy atom. The fourth-order valence-electron chi connectivity index (χ4n) is 3.92. The lowest BCUT2D eigenvalue weighted by Crippen LogP contribution is -2.33. The maximum atomic E-state index is 5.83. The van der Waals surface area contributed by atoms with Crippen LogP contribution in [-0.4, -0.2) is 6.54 Å². The molecule has 2 aliphatic rings. The summed E-state index contributed by atoms with van der Waals surface area (Å²) >= 11 is 0. The van der Waals surface area contributed by atoms with Crippen LogP contribution in [0.15, 0.2) is 0 Å². The Kier molecular flexibility index (Phi) is 1.99. The molecule has 0 saturated heterocycles. The largest absolute Gasteiger partial charge is 0.330 e. The molecule has 0 aliphatic heterocycles. The lowest BCUT2D eigenvalue weighted by atomic mass is 9.62. The van der Waals surface area contributed by atoms with Crippen molar-refractivity contribution >= 4 is 0 Å². The van der Waals surface area contributed by atoms with E-state index in [0.29, 0.717) is 10.8 Å². The van der Waals surface area contributed by atoms with Gasteiger partial charge in [-0.3, -0.25) is 0 Å². The number of nitrogens with two attached hydrogens (primary N) is 1. The number of hydrogen-bond acceptors (Lipinski definition) is 1. The van der Waals surface area contributed by atoms with Crippen molar-refractivity contribution in [1.29, 1.82) is 0 Å². The highest BCUT2D eigenvalue weighted by atomic mass is 14.8. The van der Waals surface area contributed by atoms with Crippen molar-refractivity contribution in [3.8, 4) is 0 Å². The SMILES string of the molecule is CCC1([C@@H]2[C@@H](CN)C2(C)C)CCC1. The molecular weight excluding hydrogens is 158 g/mol. The van der Waals surface area contributed by atoms with E-state index in [2.05, 4.69) is 20.8 Å². The van der Waals surface area contributed by atoms with E-state index in [-0.39, 0.29) is 0 Å². The van der Waals surface area contributed by atoms with Crippen molar-refractivity contribution in [3.63, 3.8) is 0 Å². The first-order chi connectivity index (χ1) is 6.08. The van der Waals surface area contributed by atoms with Gasteiger partial charge in [0.25, 0.3) is 0 Å². The highest BCUT2D eigenvalue weighted by Crippen LogP contribution is 2.71. The lowest BCUT2D eigenvalue weighted by molar-refractivity contribution is 0.0744. The van der Waals surface area contributed by atoms with Crippen molar-refractivity contribution in [2.24, 2.45) is 28.4 Å². The van der Waals surface area contributed by atoms with Gasteiger partial charge in [0.15, 0.2) is 0 Å². The Morgan fingerprint density at radius 2 is 1.92 bits per heavy atom. The Balaban J connectivity index is 2.10. The minimum atomic E-state index is 0.547. The Labute approximate surface area is 82.1 Å². The second-order valence-electron chi connectivity index (χ2n) is 5.71. The molecule has 0 aromatic rings. The zero-order valence-corrected chi connectivity index (χ0v) is 9.27. The lowest BCUT2D eigenvalue weighted by Gasteiger charge is -2.43. The van der Waals surface area contributed by atoms with E-state index in [0.717, 1.165) is 18.4 Å². The van der Waals surface area contributed by atoms with Gasteiger partial charge >= 0.3 is 0 Å². The zero-order valence-electron chi connectivity index (χ0n) is 9.27. The smallest absolute Gasteiger partial charge is 0.00406 e. The first-order valence-electron chi connectivity index (χ1n) is 5.78. The predicted molar refractivity (Wildman–Crippen MR) is 56.4 cm³/mol. The number of hydrogen-bond donors (Lipinski definition) is 1. The molecule has 0 heterocycles. The summed E-state index contributed by atoms with van der Waals surface area (Å²) in [6.45, 7) is 8.08. The maximum Gasteiger partial charge on any atom is -0.00406 e. The summed E-state index contributed by atoms with van der Waals surface area (Å²) in [6, 6.07) is 0. The summed E-state index contributed by atoms with van der Waals surface area (Å²) in [5.41, 5.74) is 7.08. The minimum Gasteiger partial charge on any atom is -0.330 e. The molecule has 2 fully saturated rings. The van der Waals surface area contributed by atoms with E-state index in [9.17, 15) is 0 Å². The van der Waals surface area contributed by atoms with Crippen LogP contribution in [0.4, 0.5) is 0 Å². The molecule has 13 heavy (non-hydrogen) atoms. The third-order valence-corrected chi connectivity index (χ3v) is 5.02. The molecule has 0 spiro atoms. The summed E-state index contributed by atoms with van der Waals surface area (Å²) < 4.78 is 0. The van der Waals surface area contributed by atoms with Crippen LogP contribution in [-0.2, 0) is 0 Å². The quantitative estimate of drug-likeness (QED) is 0.712. The van der Waals surface area contributed by atoms with Gasteiger partial charge in [0.1, 0.15) is 0 Å². The van der Waals surface area contributed by atoms with Gasteiger partial charge in [-0.25, -0.2) is 0 Å². The molecule has 2 atom stereocenters.